The Morgan fingerprint density at radius 1 is 1.06 bits per heavy atom. The largest absolute Gasteiger partial charge is 0.456 e. The van der Waals surface area contributed by atoms with E-state index in [2.05, 4.69) is 26.6 Å². The Hall–Kier alpha value is -1.89. The summed E-state index contributed by atoms with van der Waals surface area (Å²) in [7, 11) is 0. The van der Waals surface area contributed by atoms with Gasteiger partial charge in [-0.2, -0.15) is 0 Å². The zero-order valence-electron chi connectivity index (χ0n) is 17.6. The molecule has 5 fully saturated rings. The van der Waals surface area contributed by atoms with Crippen LogP contribution in [-0.4, -0.2) is 34.8 Å². The fourth-order valence-electron chi connectivity index (χ4n) is 6.51. The van der Waals surface area contributed by atoms with Crippen molar-refractivity contribution in [2.75, 3.05) is 11.9 Å². The van der Waals surface area contributed by atoms with Gasteiger partial charge in [-0.15, -0.1) is 0 Å². The molecule has 1 aromatic carbocycles. The van der Waals surface area contributed by atoms with Gasteiger partial charge in [0.05, 0.1) is 17.7 Å². The summed E-state index contributed by atoms with van der Waals surface area (Å²) in [6, 6.07) is 7.13. The number of rotatable bonds is 7. The highest BCUT2D eigenvalue weighted by Gasteiger charge is 2.57. The van der Waals surface area contributed by atoms with Gasteiger partial charge in [0.2, 0.25) is 0 Å². The van der Waals surface area contributed by atoms with E-state index in [4.69, 9.17) is 4.74 Å². The zero-order valence-corrected chi connectivity index (χ0v) is 19.2. The zero-order chi connectivity index (χ0) is 21.6. The molecule has 5 aliphatic carbocycles. The molecular formula is C24H29BrN2O4. The van der Waals surface area contributed by atoms with Crippen molar-refractivity contribution < 1.29 is 19.1 Å². The normalized spacial score (nSPS) is 33.1. The minimum absolute atomic E-state index is 0.0225. The molecule has 0 radical (unpaired) electrons. The smallest absolute Gasteiger partial charge is 0.306 e. The number of para-hydroxylation sites is 1. The molecule has 166 valence electrons. The first-order valence-electron chi connectivity index (χ1n) is 11.4. The van der Waals surface area contributed by atoms with Crippen molar-refractivity contribution in [3.05, 3.63) is 29.8 Å². The maximum absolute atomic E-state index is 12.6. The number of halogens is 1. The summed E-state index contributed by atoms with van der Waals surface area (Å²) in [5.41, 5.74) is 0.878. The standard InChI is InChI=1S/C24H29BrN2O4/c25-24-10-15-7-16(11-24)9-23(8-15,14-24)12-21(29)31-13-20(28)27-19-4-2-1-3-18(19)22(30)26-17-5-6-17/h1-4,15-17H,5-14H2,(H,26,30)(H,27,28)/t15-,16-,23?,24?/m1/s1. The molecule has 0 unspecified atom stereocenters. The highest BCUT2D eigenvalue weighted by molar-refractivity contribution is 9.10. The lowest BCUT2D eigenvalue weighted by Gasteiger charge is -2.60. The third-order valence-corrected chi connectivity index (χ3v) is 8.28. The van der Waals surface area contributed by atoms with Gasteiger partial charge in [-0.1, -0.05) is 28.1 Å². The summed E-state index contributed by atoms with van der Waals surface area (Å²) in [6.07, 6.45) is 9.33. The molecule has 2 atom stereocenters. The predicted octanol–water partition coefficient (Wildman–Crippen LogP) is 4.18. The second kappa shape index (κ2) is 7.91. The van der Waals surface area contributed by atoms with Crippen molar-refractivity contribution in [3.8, 4) is 0 Å². The van der Waals surface area contributed by atoms with Crippen molar-refractivity contribution in [2.45, 2.75) is 68.2 Å². The lowest BCUT2D eigenvalue weighted by atomic mass is 9.49. The van der Waals surface area contributed by atoms with E-state index in [0.29, 0.717) is 29.5 Å². The Balaban J connectivity index is 1.15. The second-order valence-corrected chi connectivity index (χ2v) is 12.0. The van der Waals surface area contributed by atoms with Crippen molar-refractivity contribution in [3.63, 3.8) is 0 Å². The van der Waals surface area contributed by atoms with E-state index < -0.39 is 5.91 Å². The van der Waals surface area contributed by atoms with Crippen LogP contribution in [0.15, 0.2) is 24.3 Å². The SMILES string of the molecule is O=C(COC(=O)CC12C[C@H]3C[C@@H](CC(Br)(C3)C1)C2)Nc1ccccc1C(=O)NC1CC1. The van der Waals surface area contributed by atoms with Gasteiger partial charge in [0.1, 0.15) is 0 Å². The number of carbonyl (C=O) groups is 3. The first kappa shape index (κ1) is 21.0. The Morgan fingerprint density at radius 3 is 2.45 bits per heavy atom. The number of anilines is 1. The molecule has 0 spiro atoms. The highest BCUT2D eigenvalue weighted by atomic mass is 79.9. The number of hydrogen-bond donors (Lipinski definition) is 2. The molecule has 0 heterocycles. The number of benzene rings is 1. The molecule has 0 saturated heterocycles. The van der Waals surface area contributed by atoms with Crippen LogP contribution in [-0.2, 0) is 14.3 Å². The third-order valence-electron chi connectivity index (χ3n) is 7.35. The van der Waals surface area contributed by atoms with Gasteiger partial charge in [0, 0.05) is 10.4 Å². The first-order chi connectivity index (χ1) is 14.8. The van der Waals surface area contributed by atoms with E-state index in [-0.39, 0.29) is 34.3 Å². The minimum Gasteiger partial charge on any atom is -0.456 e. The number of ether oxygens (including phenoxy) is 1. The van der Waals surface area contributed by atoms with Crippen LogP contribution in [0.2, 0.25) is 0 Å². The molecule has 31 heavy (non-hydrogen) atoms. The molecule has 5 aliphatic rings. The van der Waals surface area contributed by atoms with Gasteiger partial charge in [0.25, 0.3) is 11.8 Å². The van der Waals surface area contributed by atoms with E-state index in [0.717, 1.165) is 32.1 Å². The third kappa shape index (κ3) is 4.66. The van der Waals surface area contributed by atoms with Gasteiger partial charge in [-0.3, -0.25) is 14.4 Å². The molecule has 6 nitrogen and oxygen atoms in total. The maximum atomic E-state index is 12.6. The highest BCUT2D eigenvalue weighted by Crippen LogP contribution is 2.65. The van der Waals surface area contributed by atoms with E-state index in [1.165, 1.54) is 19.3 Å². The van der Waals surface area contributed by atoms with Crippen LogP contribution in [0.1, 0.15) is 68.1 Å². The van der Waals surface area contributed by atoms with E-state index >= 15 is 0 Å². The number of alkyl halides is 1. The summed E-state index contributed by atoms with van der Waals surface area (Å²) in [6.45, 7) is -0.334. The maximum Gasteiger partial charge on any atom is 0.306 e. The summed E-state index contributed by atoms with van der Waals surface area (Å²) in [4.78, 5) is 37.4. The fourth-order valence-corrected chi connectivity index (χ4v) is 8.02. The molecule has 6 rings (SSSR count). The average Bonchev–Trinajstić information content (AvgIpc) is 3.48. The molecule has 2 N–H and O–H groups in total. The number of esters is 1. The molecule has 7 heteroatoms. The van der Waals surface area contributed by atoms with Gasteiger partial charge in [0.15, 0.2) is 6.61 Å². The van der Waals surface area contributed by atoms with Crippen LogP contribution in [0.5, 0.6) is 0 Å². The van der Waals surface area contributed by atoms with Gasteiger partial charge in [-0.05, 0) is 80.8 Å². The summed E-state index contributed by atoms with van der Waals surface area (Å²) < 4.78 is 5.55. The molecule has 0 aromatic heterocycles. The van der Waals surface area contributed by atoms with Gasteiger partial charge >= 0.3 is 5.97 Å². The molecule has 4 bridgehead atoms. The Kier molecular flexibility index (Phi) is 5.35. The number of nitrogens with one attached hydrogen (secondary N) is 2. The lowest BCUT2D eigenvalue weighted by molar-refractivity contribution is -0.153. The first-order valence-corrected chi connectivity index (χ1v) is 12.2. The number of hydrogen-bond acceptors (Lipinski definition) is 4. The van der Waals surface area contributed by atoms with Crippen LogP contribution < -0.4 is 10.6 Å². The molecule has 0 aliphatic heterocycles. The van der Waals surface area contributed by atoms with E-state index in [9.17, 15) is 14.4 Å². The van der Waals surface area contributed by atoms with Crippen LogP contribution in [0, 0.1) is 17.3 Å². The van der Waals surface area contributed by atoms with Gasteiger partial charge < -0.3 is 15.4 Å². The molecular weight excluding hydrogens is 460 g/mol. The minimum atomic E-state index is -0.428. The molecule has 1 aromatic rings. The van der Waals surface area contributed by atoms with E-state index in [1.54, 1.807) is 24.3 Å². The lowest BCUT2D eigenvalue weighted by Crippen LogP contribution is -2.53. The van der Waals surface area contributed by atoms with Crippen molar-refractivity contribution in [1.82, 2.24) is 5.32 Å². The number of carbonyl (C=O) groups excluding carboxylic acids is 3. The average molecular weight is 489 g/mol. The Morgan fingerprint density at radius 2 is 1.77 bits per heavy atom. The summed E-state index contributed by atoms with van der Waals surface area (Å²) in [5, 5.41) is 5.65. The van der Waals surface area contributed by atoms with Crippen LogP contribution in [0.3, 0.4) is 0 Å². The fraction of sp³-hybridized carbons (Fsp3) is 0.625. The second-order valence-electron chi connectivity index (χ2n) is 10.3. The van der Waals surface area contributed by atoms with Crippen LogP contribution >= 0.6 is 15.9 Å². The molecule has 2 amide bonds. The van der Waals surface area contributed by atoms with Crippen molar-refractivity contribution >= 4 is 39.4 Å². The Labute approximate surface area is 191 Å². The quantitative estimate of drug-likeness (QED) is 0.445. The van der Waals surface area contributed by atoms with Crippen LogP contribution in [0.4, 0.5) is 5.69 Å². The topological polar surface area (TPSA) is 84.5 Å². The Bertz CT molecular complexity index is 899. The van der Waals surface area contributed by atoms with Crippen LogP contribution in [0.25, 0.3) is 0 Å². The van der Waals surface area contributed by atoms with E-state index in [1.807, 2.05) is 0 Å². The number of amides is 2. The molecule has 5 saturated carbocycles. The summed E-state index contributed by atoms with van der Waals surface area (Å²) >= 11 is 3.97. The van der Waals surface area contributed by atoms with Crippen molar-refractivity contribution in [1.29, 1.82) is 0 Å². The van der Waals surface area contributed by atoms with Gasteiger partial charge in [-0.25, -0.2) is 0 Å². The van der Waals surface area contributed by atoms with Crippen molar-refractivity contribution in [2.24, 2.45) is 17.3 Å². The predicted molar refractivity (Wildman–Crippen MR) is 120 cm³/mol. The summed E-state index contributed by atoms with van der Waals surface area (Å²) in [5.74, 6) is 0.487. The monoisotopic (exact) mass is 488 g/mol.